The van der Waals surface area contributed by atoms with E-state index in [0.717, 1.165) is 50.8 Å². The van der Waals surface area contributed by atoms with Crippen LogP contribution in [0.25, 0.3) is 22.2 Å². The number of rotatable bonds is 6. The second-order valence-electron chi connectivity index (χ2n) is 10.9. The van der Waals surface area contributed by atoms with Crippen molar-refractivity contribution in [3.63, 3.8) is 0 Å². The number of carbonyl (C=O) groups excluding carboxylic acids is 1. The molecule has 1 amide bonds. The summed E-state index contributed by atoms with van der Waals surface area (Å²) in [6.45, 7) is 1.12. The molecule has 4 heterocycles. The van der Waals surface area contributed by atoms with E-state index in [1.807, 2.05) is 11.0 Å². The predicted octanol–water partition coefficient (Wildman–Crippen LogP) is 6.32. The van der Waals surface area contributed by atoms with E-state index < -0.39 is 12.0 Å². The molecule has 1 aliphatic carbocycles. The first-order valence-electron chi connectivity index (χ1n) is 14.2. The molecule has 4 aromatic rings. The lowest BCUT2D eigenvalue weighted by Crippen LogP contribution is -2.36. The molecule has 3 N–H and O–H groups in total. The van der Waals surface area contributed by atoms with Crippen molar-refractivity contribution >= 4 is 39.7 Å². The first-order valence-corrected chi connectivity index (χ1v) is 14.2. The zero-order valence-electron chi connectivity index (χ0n) is 22.6. The minimum absolute atomic E-state index is 0.0384. The molecule has 1 aliphatic heterocycles. The van der Waals surface area contributed by atoms with Gasteiger partial charge in [0.2, 0.25) is 5.91 Å². The molecule has 0 radical (unpaired) electrons. The first-order chi connectivity index (χ1) is 19.9. The Bertz CT molecular complexity index is 1620. The highest BCUT2D eigenvalue weighted by atomic mass is 19.1. The van der Waals surface area contributed by atoms with E-state index in [2.05, 4.69) is 25.6 Å². The van der Waals surface area contributed by atoms with E-state index in [4.69, 9.17) is 0 Å². The highest BCUT2D eigenvalue weighted by molar-refractivity contribution is 5.95. The SMILES string of the molecule is O=C(Nc1ccc(-c2cc(Nc3ccc(N4CCCC(F)C4)cn3)c3c(=O)[nH]ccc3n2)c(F)c1)C1CCCCC1. The van der Waals surface area contributed by atoms with E-state index in [-0.39, 0.29) is 22.9 Å². The van der Waals surface area contributed by atoms with Crippen LogP contribution in [0.3, 0.4) is 0 Å². The molecule has 1 aromatic carbocycles. The van der Waals surface area contributed by atoms with Gasteiger partial charge in [0, 0.05) is 36.5 Å². The van der Waals surface area contributed by atoms with E-state index in [0.29, 0.717) is 46.8 Å². The summed E-state index contributed by atoms with van der Waals surface area (Å²) >= 11 is 0. The van der Waals surface area contributed by atoms with Crippen molar-refractivity contribution < 1.29 is 13.6 Å². The van der Waals surface area contributed by atoms with Crippen molar-refractivity contribution in [1.29, 1.82) is 0 Å². The standard InChI is InChI=1S/C31H32F2N6O2/c32-20-7-4-14-39(18-20)22-9-11-28(35-17-22)38-27-16-26(37-25-12-13-34-31(41)29(25)27)23-10-8-21(15-24(23)33)36-30(40)19-5-2-1-3-6-19/h8-13,15-17,19-20H,1-7,14,18H2,(H,34,41)(H,36,40)(H,35,37,38). The number of nitrogens with one attached hydrogen (secondary N) is 3. The number of aromatic amines is 1. The molecule has 2 aliphatic rings. The van der Waals surface area contributed by atoms with Crippen LogP contribution in [-0.2, 0) is 4.79 Å². The van der Waals surface area contributed by atoms with Gasteiger partial charge < -0.3 is 20.5 Å². The maximum absolute atomic E-state index is 15.4. The van der Waals surface area contributed by atoms with Crippen LogP contribution >= 0.6 is 0 Å². The monoisotopic (exact) mass is 558 g/mol. The van der Waals surface area contributed by atoms with Crippen molar-refractivity contribution in [3.05, 3.63) is 71.0 Å². The van der Waals surface area contributed by atoms with E-state index in [9.17, 15) is 14.0 Å². The lowest BCUT2D eigenvalue weighted by Gasteiger charge is -2.30. The average molecular weight is 559 g/mol. The number of benzene rings is 1. The van der Waals surface area contributed by atoms with Crippen LogP contribution in [0.5, 0.6) is 0 Å². The predicted molar refractivity (Wildman–Crippen MR) is 157 cm³/mol. The van der Waals surface area contributed by atoms with Crippen molar-refractivity contribution in [3.8, 4) is 11.3 Å². The van der Waals surface area contributed by atoms with Gasteiger partial charge in [0.15, 0.2) is 0 Å². The Balaban J connectivity index is 1.27. The Morgan fingerprint density at radius 2 is 1.88 bits per heavy atom. The average Bonchev–Trinajstić information content (AvgIpc) is 2.98. The maximum Gasteiger partial charge on any atom is 0.259 e. The summed E-state index contributed by atoms with van der Waals surface area (Å²) in [6.07, 6.45) is 8.63. The molecule has 2 fully saturated rings. The summed E-state index contributed by atoms with van der Waals surface area (Å²) in [5.74, 6) is -0.173. The Kier molecular flexibility index (Phi) is 7.63. The van der Waals surface area contributed by atoms with Gasteiger partial charge in [0.1, 0.15) is 17.8 Å². The minimum Gasteiger partial charge on any atom is -0.367 e. The van der Waals surface area contributed by atoms with Gasteiger partial charge in [0.25, 0.3) is 5.56 Å². The first kappa shape index (κ1) is 26.9. The number of carbonyl (C=O) groups is 1. The summed E-state index contributed by atoms with van der Waals surface area (Å²) in [6, 6.07) is 11.5. The van der Waals surface area contributed by atoms with Gasteiger partial charge >= 0.3 is 0 Å². The highest BCUT2D eigenvalue weighted by Crippen LogP contribution is 2.32. The van der Waals surface area contributed by atoms with E-state index in [1.165, 1.54) is 12.3 Å². The van der Waals surface area contributed by atoms with Gasteiger partial charge in [-0.1, -0.05) is 19.3 Å². The number of aromatic nitrogens is 3. The van der Waals surface area contributed by atoms with Crippen molar-refractivity contribution in [1.82, 2.24) is 15.0 Å². The fraction of sp³-hybridized carbons (Fsp3) is 0.355. The molecule has 1 saturated carbocycles. The molecule has 3 aromatic heterocycles. The summed E-state index contributed by atoms with van der Waals surface area (Å²) in [5, 5.41) is 6.36. The summed E-state index contributed by atoms with van der Waals surface area (Å²) in [4.78, 5) is 39.1. The quantitative estimate of drug-likeness (QED) is 0.256. The zero-order valence-corrected chi connectivity index (χ0v) is 22.6. The molecule has 41 heavy (non-hydrogen) atoms. The van der Waals surface area contributed by atoms with Crippen LogP contribution < -0.4 is 21.1 Å². The Hall–Kier alpha value is -4.34. The van der Waals surface area contributed by atoms with Crippen molar-refractivity contribution in [2.75, 3.05) is 28.6 Å². The van der Waals surface area contributed by atoms with Gasteiger partial charge in [-0.15, -0.1) is 0 Å². The number of amides is 1. The number of halogens is 2. The number of hydrogen-bond acceptors (Lipinski definition) is 6. The van der Waals surface area contributed by atoms with E-state index >= 15 is 4.39 Å². The van der Waals surface area contributed by atoms with Crippen LogP contribution in [0.2, 0.25) is 0 Å². The molecule has 10 heteroatoms. The number of alkyl halides is 1. The molecule has 1 atom stereocenters. The Morgan fingerprint density at radius 3 is 2.63 bits per heavy atom. The van der Waals surface area contributed by atoms with E-state index in [1.54, 1.807) is 36.5 Å². The Labute approximate surface area is 236 Å². The molecule has 0 bridgehead atoms. The summed E-state index contributed by atoms with van der Waals surface area (Å²) in [7, 11) is 0. The normalized spacial score (nSPS) is 17.9. The molecule has 1 unspecified atom stereocenters. The molecule has 212 valence electrons. The Morgan fingerprint density at radius 1 is 1.02 bits per heavy atom. The number of hydrogen-bond donors (Lipinski definition) is 3. The number of H-pyrrole nitrogens is 1. The van der Waals surface area contributed by atoms with Gasteiger partial charge in [-0.25, -0.2) is 18.7 Å². The number of pyridine rings is 3. The second-order valence-corrected chi connectivity index (χ2v) is 10.9. The van der Waals surface area contributed by atoms with Crippen molar-refractivity contribution in [2.24, 2.45) is 5.92 Å². The maximum atomic E-state index is 15.4. The highest BCUT2D eigenvalue weighted by Gasteiger charge is 2.22. The third-order valence-electron chi connectivity index (χ3n) is 7.96. The van der Waals surface area contributed by atoms with Crippen LogP contribution in [0.15, 0.2) is 59.7 Å². The van der Waals surface area contributed by atoms with Gasteiger partial charge in [-0.2, -0.15) is 0 Å². The number of piperidine rings is 1. The third-order valence-corrected chi connectivity index (χ3v) is 7.96. The molecular weight excluding hydrogens is 526 g/mol. The second kappa shape index (κ2) is 11.6. The molecular formula is C31H32F2N6O2. The largest absolute Gasteiger partial charge is 0.367 e. The van der Waals surface area contributed by atoms with Crippen LogP contribution in [0.4, 0.5) is 31.7 Å². The van der Waals surface area contributed by atoms with Gasteiger partial charge in [0.05, 0.1) is 34.2 Å². The summed E-state index contributed by atoms with van der Waals surface area (Å²) < 4.78 is 29.3. The third kappa shape index (κ3) is 5.91. The zero-order chi connectivity index (χ0) is 28.3. The fourth-order valence-electron chi connectivity index (χ4n) is 5.78. The smallest absolute Gasteiger partial charge is 0.259 e. The van der Waals surface area contributed by atoms with Crippen molar-refractivity contribution in [2.45, 2.75) is 51.1 Å². The fourth-order valence-corrected chi connectivity index (χ4v) is 5.78. The van der Waals surface area contributed by atoms with Gasteiger partial charge in [-0.3, -0.25) is 9.59 Å². The van der Waals surface area contributed by atoms with Gasteiger partial charge in [-0.05, 0) is 68.1 Å². The minimum atomic E-state index is -0.850. The number of nitrogens with zero attached hydrogens (tertiary/aromatic N) is 3. The van der Waals surface area contributed by atoms with Crippen LogP contribution in [0, 0.1) is 11.7 Å². The lowest BCUT2D eigenvalue weighted by molar-refractivity contribution is -0.120. The van der Waals surface area contributed by atoms with Crippen LogP contribution in [-0.4, -0.2) is 40.1 Å². The molecule has 0 spiro atoms. The number of anilines is 4. The number of fused-ring (bicyclic) bond motifs is 1. The molecule has 1 saturated heterocycles. The van der Waals surface area contributed by atoms with Crippen LogP contribution in [0.1, 0.15) is 44.9 Å². The lowest BCUT2D eigenvalue weighted by atomic mass is 9.88. The topological polar surface area (TPSA) is 103 Å². The summed E-state index contributed by atoms with van der Waals surface area (Å²) in [5.41, 5.74) is 2.25. The molecule has 8 nitrogen and oxygen atoms in total. The molecule has 6 rings (SSSR count).